The monoisotopic (exact) mass is 321 g/mol. The molecule has 4 rings (SSSR count). The SMILES string of the molecule is Cc1ccc(C(NC(=O)C2COc3ccccc3C2)C2CC2)cc1. The minimum atomic E-state index is -0.105. The molecule has 2 aliphatic rings. The van der Waals surface area contributed by atoms with Gasteiger partial charge in [0, 0.05) is 0 Å². The van der Waals surface area contributed by atoms with Gasteiger partial charge in [0.25, 0.3) is 0 Å². The molecule has 2 aromatic rings. The maximum absolute atomic E-state index is 12.8. The Morgan fingerprint density at radius 3 is 2.62 bits per heavy atom. The van der Waals surface area contributed by atoms with Gasteiger partial charge in [-0.25, -0.2) is 0 Å². The molecule has 0 bridgehead atoms. The zero-order valence-electron chi connectivity index (χ0n) is 14.0. The first kappa shape index (κ1) is 15.3. The topological polar surface area (TPSA) is 38.3 Å². The fraction of sp³-hybridized carbons (Fsp3) is 0.381. The molecule has 1 saturated carbocycles. The Balaban J connectivity index is 1.47. The average Bonchev–Trinajstić information content (AvgIpc) is 3.45. The van der Waals surface area contributed by atoms with Gasteiger partial charge in [-0.3, -0.25) is 4.79 Å². The van der Waals surface area contributed by atoms with E-state index in [-0.39, 0.29) is 17.9 Å². The number of hydrogen-bond donors (Lipinski definition) is 1. The molecule has 1 N–H and O–H groups in total. The lowest BCUT2D eigenvalue weighted by atomic mass is 9.94. The lowest BCUT2D eigenvalue weighted by Gasteiger charge is -2.27. The molecule has 3 nitrogen and oxygen atoms in total. The predicted octanol–water partition coefficient (Wildman–Crippen LogP) is 3.81. The van der Waals surface area contributed by atoms with E-state index in [2.05, 4.69) is 36.5 Å². The molecule has 1 aliphatic carbocycles. The van der Waals surface area contributed by atoms with Crippen LogP contribution in [-0.2, 0) is 11.2 Å². The van der Waals surface area contributed by atoms with Crippen molar-refractivity contribution in [2.24, 2.45) is 11.8 Å². The van der Waals surface area contributed by atoms with Crippen LogP contribution in [0.25, 0.3) is 0 Å². The third-order valence-electron chi connectivity index (χ3n) is 5.08. The summed E-state index contributed by atoms with van der Waals surface area (Å²) >= 11 is 0. The summed E-state index contributed by atoms with van der Waals surface area (Å²) in [5, 5.41) is 3.30. The zero-order valence-corrected chi connectivity index (χ0v) is 14.0. The molecule has 1 aliphatic heterocycles. The van der Waals surface area contributed by atoms with E-state index in [1.54, 1.807) is 0 Å². The molecule has 0 radical (unpaired) electrons. The Morgan fingerprint density at radius 2 is 1.88 bits per heavy atom. The number of carbonyl (C=O) groups is 1. The molecule has 0 aromatic heterocycles. The quantitative estimate of drug-likeness (QED) is 0.930. The normalized spacial score (nSPS) is 20.6. The van der Waals surface area contributed by atoms with E-state index in [4.69, 9.17) is 4.74 Å². The number of rotatable bonds is 4. The van der Waals surface area contributed by atoms with Gasteiger partial charge in [0.15, 0.2) is 0 Å². The number of ether oxygens (including phenoxy) is 1. The van der Waals surface area contributed by atoms with E-state index in [0.29, 0.717) is 12.5 Å². The molecule has 2 unspecified atom stereocenters. The van der Waals surface area contributed by atoms with Gasteiger partial charge in [-0.1, -0.05) is 48.0 Å². The molecule has 0 saturated heterocycles. The van der Waals surface area contributed by atoms with Crippen LogP contribution >= 0.6 is 0 Å². The minimum Gasteiger partial charge on any atom is -0.492 e. The van der Waals surface area contributed by atoms with Crippen LogP contribution in [0.15, 0.2) is 48.5 Å². The minimum absolute atomic E-state index is 0.105. The Labute approximate surface area is 143 Å². The van der Waals surface area contributed by atoms with Crippen molar-refractivity contribution in [3.63, 3.8) is 0 Å². The number of amides is 1. The summed E-state index contributed by atoms with van der Waals surface area (Å²) in [6.45, 7) is 2.55. The Hall–Kier alpha value is -2.29. The van der Waals surface area contributed by atoms with Gasteiger partial charge in [0.05, 0.1) is 12.0 Å². The predicted molar refractivity (Wildman–Crippen MR) is 93.9 cm³/mol. The number of aryl methyl sites for hydroxylation is 1. The second-order valence-corrected chi connectivity index (χ2v) is 7.05. The molecule has 0 spiro atoms. The maximum Gasteiger partial charge on any atom is 0.227 e. The van der Waals surface area contributed by atoms with E-state index in [1.807, 2.05) is 24.3 Å². The second-order valence-electron chi connectivity index (χ2n) is 7.05. The van der Waals surface area contributed by atoms with E-state index in [1.165, 1.54) is 24.0 Å². The summed E-state index contributed by atoms with van der Waals surface area (Å²) in [6.07, 6.45) is 3.15. The van der Waals surface area contributed by atoms with Crippen LogP contribution in [-0.4, -0.2) is 12.5 Å². The number of carbonyl (C=O) groups excluding carboxylic acids is 1. The van der Waals surface area contributed by atoms with Crippen molar-refractivity contribution in [2.45, 2.75) is 32.2 Å². The Kier molecular flexibility index (Phi) is 4.01. The first-order chi connectivity index (χ1) is 11.7. The number of benzene rings is 2. The number of fused-ring (bicyclic) bond motifs is 1. The third kappa shape index (κ3) is 3.16. The van der Waals surface area contributed by atoms with E-state index in [0.717, 1.165) is 17.7 Å². The zero-order chi connectivity index (χ0) is 16.5. The number of nitrogens with one attached hydrogen (secondary N) is 1. The summed E-state index contributed by atoms with van der Waals surface area (Å²) in [7, 11) is 0. The van der Waals surface area contributed by atoms with E-state index in [9.17, 15) is 4.79 Å². The molecule has 3 heteroatoms. The first-order valence-corrected chi connectivity index (χ1v) is 8.78. The van der Waals surface area contributed by atoms with Crippen molar-refractivity contribution in [1.29, 1.82) is 0 Å². The summed E-state index contributed by atoms with van der Waals surface area (Å²) in [5.41, 5.74) is 3.59. The van der Waals surface area contributed by atoms with Gasteiger partial charge in [-0.15, -0.1) is 0 Å². The summed E-state index contributed by atoms with van der Waals surface area (Å²) < 4.78 is 5.78. The van der Waals surface area contributed by atoms with Gasteiger partial charge < -0.3 is 10.1 Å². The summed E-state index contributed by atoms with van der Waals surface area (Å²) in [5.74, 6) is 1.50. The molecule has 1 heterocycles. The van der Waals surface area contributed by atoms with Gasteiger partial charge in [-0.05, 0) is 49.3 Å². The number of hydrogen-bond acceptors (Lipinski definition) is 2. The van der Waals surface area contributed by atoms with Crippen LogP contribution in [0.2, 0.25) is 0 Å². The third-order valence-corrected chi connectivity index (χ3v) is 5.08. The maximum atomic E-state index is 12.8. The lowest BCUT2D eigenvalue weighted by molar-refractivity contribution is -0.127. The van der Waals surface area contributed by atoms with Crippen molar-refractivity contribution in [1.82, 2.24) is 5.32 Å². The molecular formula is C21H23NO2. The van der Waals surface area contributed by atoms with E-state index < -0.39 is 0 Å². The van der Waals surface area contributed by atoms with Crippen molar-refractivity contribution in [2.75, 3.05) is 6.61 Å². The first-order valence-electron chi connectivity index (χ1n) is 8.78. The van der Waals surface area contributed by atoms with Crippen LogP contribution in [0.1, 0.15) is 35.6 Å². The van der Waals surface area contributed by atoms with Gasteiger partial charge in [0.1, 0.15) is 12.4 Å². The van der Waals surface area contributed by atoms with Crippen molar-refractivity contribution in [3.8, 4) is 5.75 Å². The number of para-hydroxylation sites is 1. The molecule has 124 valence electrons. The molecule has 24 heavy (non-hydrogen) atoms. The van der Waals surface area contributed by atoms with Crippen LogP contribution in [0.3, 0.4) is 0 Å². The highest BCUT2D eigenvalue weighted by atomic mass is 16.5. The smallest absolute Gasteiger partial charge is 0.227 e. The Morgan fingerprint density at radius 1 is 1.12 bits per heavy atom. The second kappa shape index (κ2) is 6.31. The average molecular weight is 321 g/mol. The standard InChI is InChI=1S/C21H23NO2/c1-14-6-8-15(9-7-14)20(16-10-11-16)22-21(23)18-12-17-4-2-3-5-19(17)24-13-18/h2-9,16,18,20H,10-13H2,1H3,(H,22,23). The van der Waals surface area contributed by atoms with Gasteiger partial charge in [-0.2, -0.15) is 0 Å². The lowest BCUT2D eigenvalue weighted by Crippen LogP contribution is -2.39. The molecule has 1 amide bonds. The molecule has 2 aromatic carbocycles. The summed E-state index contributed by atoms with van der Waals surface area (Å²) in [6, 6.07) is 16.7. The molecular weight excluding hydrogens is 298 g/mol. The fourth-order valence-electron chi connectivity index (χ4n) is 3.44. The van der Waals surface area contributed by atoms with Crippen LogP contribution in [0, 0.1) is 18.8 Å². The van der Waals surface area contributed by atoms with Gasteiger partial charge in [0.2, 0.25) is 5.91 Å². The van der Waals surface area contributed by atoms with Gasteiger partial charge >= 0.3 is 0 Å². The highest BCUT2D eigenvalue weighted by Gasteiger charge is 2.35. The van der Waals surface area contributed by atoms with Crippen molar-refractivity contribution in [3.05, 3.63) is 65.2 Å². The largest absolute Gasteiger partial charge is 0.492 e. The van der Waals surface area contributed by atoms with Crippen LogP contribution < -0.4 is 10.1 Å². The fourth-order valence-corrected chi connectivity index (χ4v) is 3.44. The van der Waals surface area contributed by atoms with Crippen molar-refractivity contribution >= 4 is 5.91 Å². The molecule has 1 fully saturated rings. The van der Waals surface area contributed by atoms with Crippen molar-refractivity contribution < 1.29 is 9.53 Å². The molecule has 2 atom stereocenters. The highest BCUT2D eigenvalue weighted by Crippen LogP contribution is 2.41. The van der Waals surface area contributed by atoms with E-state index >= 15 is 0 Å². The van der Waals surface area contributed by atoms with Crippen LogP contribution in [0.5, 0.6) is 5.75 Å². The summed E-state index contributed by atoms with van der Waals surface area (Å²) in [4.78, 5) is 12.8. The van der Waals surface area contributed by atoms with Crippen LogP contribution in [0.4, 0.5) is 0 Å². The highest BCUT2D eigenvalue weighted by molar-refractivity contribution is 5.80. The Bertz CT molecular complexity index is 734.